The van der Waals surface area contributed by atoms with E-state index in [-0.39, 0.29) is 11.9 Å². The first-order valence-corrected chi connectivity index (χ1v) is 6.82. The Labute approximate surface area is 105 Å². The maximum absolute atomic E-state index is 11.7. The molecule has 1 aliphatic rings. The SMILES string of the molecule is CCC[C@@H](N)C(=O)NCC1CCN(C(C)C)C1. The average Bonchev–Trinajstić information content (AvgIpc) is 2.75. The normalized spacial score (nSPS) is 23.0. The molecule has 1 aliphatic heterocycles. The van der Waals surface area contributed by atoms with E-state index in [0.29, 0.717) is 12.0 Å². The Bertz CT molecular complexity index is 243. The van der Waals surface area contributed by atoms with Crippen molar-refractivity contribution in [2.45, 2.75) is 52.1 Å². The highest BCUT2D eigenvalue weighted by Gasteiger charge is 2.24. The minimum atomic E-state index is -0.331. The van der Waals surface area contributed by atoms with E-state index in [1.165, 1.54) is 6.42 Å². The Kier molecular flexibility index (Phi) is 5.92. The number of nitrogens with one attached hydrogen (secondary N) is 1. The number of rotatable bonds is 6. The topological polar surface area (TPSA) is 58.4 Å². The second kappa shape index (κ2) is 6.97. The van der Waals surface area contributed by atoms with Gasteiger partial charge < -0.3 is 16.0 Å². The Morgan fingerprint density at radius 1 is 1.53 bits per heavy atom. The van der Waals surface area contributed by atoms with Crippen molar-refractivity contribution in [2.24, 2.45) is 11.7 Å². The number of carbonyl (C=O) groups excluding carboxylic acids is 1. The van der Waals surface area contributed by atoms with Crippen LogP contribution in [0.4, 0.5) is 0 Å². The highest BCUT2D eigenvalue weighted by Crippen LogP contribution is 2.17. The summed E-state index contributed by atoms with van der Waals surface area (Å²) in [6.45, 7) is 9.51. The molecule has 0 radical (unpaired) electrons. The molecule has 2 atom stereocenters. The summed E-state index contributed by atoms with van der Waals surface area (Å²) in [7, 11) is 0. The molecule has 1 saturated heterocycles. The van der Waals surface area contributed by atoms with Gasteiger partial charge >= 0.3 is 0 Å². The largest absolute Gasteiger partial charge is 0.354 e. The lowest BCUT2D eigenvalue weighted by Crippen LogP contribution is -2.42. The first-order valence-electron chi connectivity index (χ1n) is 6.82. The Morgan fingerprint density at radius 2 is 2.24 bits per heavy atom. The highest BCUT2D eigenvalue weighted by atomic mass is 16.2. The van der Waals surface area contributed by atoms with E-state index < -0.39 is 0 Å². The van der Waals surface area contributed by atoms with Crippen molar-refractivity contribution < 1.29 is 4.79 Å². The molecule has 17 heavy (non-hydrogen) atoms. The average molecular weight is 241 g/mol. The third-order valence-corrected chi connectivity index (χ3v) is 3.55. The van der Waals surface area contributed by atoms with Gasteiger partial charge in [-0.15, -0.1) is 0 Å². The van der Waals surface area contributed by atoms with Crippen molar-refractivity contribution in [1.82, 2.24) is 10.2 Å². The summed E-state index contributed by atoms with van der Waals surface area (Å²) >= 11 is 0. The van der Waals surface area contributed by atoms with E-state index in [4.69, 9.17) is 5.73 Å². The summed E-state index contributed by atoms with van der Waals surface area (Å²) in [5, 5.41) is 2.98. The number of hydrogen-bond donors (Lipinski definition) is 2. The third kappa shape index (κ3) is 4.64. The van der Waals surface area contributed by atoms with Crippen molar-refractivity contribution >= 4 is 5.91 Å². The summed E-state index contributed by atoms with van der Waals surface area (Å²) in [5.41, 5.74) is 5.77. The van der Waals surface area contributed by atoms with Gasteiger partial charge in [-0.2, -0.15) is 0 Å². The first kappa shape index (κ1) is 14.5. The van der Waals surface area contributed by atoms with Gasteiger partial charge in [0, 0.05) is 19.1 Å². The van der Waals surface area contributed by atoms with E-state index in [1.54, 1.807) is 0 Å². The van der Waals surface area contributed by atoms with Gasteiger partial charge in [0.1, 0.15) is 0 Å². The molecule has 100 valence electrons. The fourth-order valence-electron chi connectivity index (χ4n) is 2.32. The van der Waals surface area contributed by atoms with Gasteiger partial charge in [0.2, 0.25) is 5.91 Å². The Balaban J connectivity index is 2.21. The molecule has 1 rings (SSSR count). The molecule has 0 aromatic rings. The Hall–Kier alpha value is -0.610. The molecule has 1 amide bonds. The second-order valence-electron chi connectivity index (χ2n) is 5.38. The van der Waals surface area contributed by atoms with E-state index in [0.717, 1.165) is 32.5 Å². The molecular formula is C13H27N3O. The molecule has 1 fully saturated rings. The van der Waals surface area contributed by atoms with Gasteiger partial charge in [-0.3, -0.25) is 4.79 Å². The maximum Gasteiger partial charge on any atom is 0.236 e. The molecule has 0 saturated carbocycles. The van der Waals surface area contributed by atoms with Gasteiger partial charge in [0.15, 0.2) is 0 Å². The van der Waals surface area contributed by atoms with Crippen LogP contribution >= 0.6 is 0 Å². The lowest BCUT2D eigenvalue weighted by Gasteiger charge is -2.20. The van der Waals surface area contributed by atoms with Crippen LogP contribution in [0.1, 0.15) is 40.0 Å². The van der Waals surface area contributed by atoms with Crippen molar-refractivity contribution in [3.8, 4) is 0 Å². The molecular weight excluding hydrogens is 214 g/mol. The molecule has 1 unspecified atom stereocenters. The van der Waals surface area contributed by atoms with Crippen LogP contribution in [0.15, 0.2) is 0 Å². The van der Waals surface area contributed by atoms with Crippen LogP contribution in [0, 0.1) is 5.92 Å². The highest BCUT2D eigenvalue weighted by molar-refractivity contribution is 5.81. The molecule has 0 spiro atoms. The van der Waals surface area contributed by atoms with Crippen LogP contribution in [-0.2, 0) is 4.79 Å². The van der Waals surface area contributed by atoms with E-state index in [2.05, 4.69) is 24.1 Å². The van der Waals surface area contributed by atoms with Crippen LogP contribution in [0.2, 0.25) is 0 Å². The smallest absolute Gasteiger partial charge is 0.236 e. The monoisotopic (exact) mass is 241 g/mol. The van der Waals surface area contributed by atoms with Crippen LogP contribution < -0.4 is 11.1 Å². The lowest BCUT2D eigenvalue weighted by atomic mass is 10.1. The second-order valence-corrected chi connectivity index (χ2v) is 5.38. The van der Waals surface area contributed by atoms with Crippen molar-refractivity contribution in [1.29, 1.82) is 0 Å². The lowest BCUT2D eigenvalue weighted by molar-refractivity contribution is -0.122. The zero-order chi connectivity index (χ0) is 12.8. The molecule has 4 heteroatoms. The molecule has 0 aromatic heterocycles. The summed E-state index contributed by atoms with van der Waals surface area (Å²) in [4.78, 5) is 14.1. The maximum atomic E-state index is 11.7. The van der Waals surface area contributed by atoms with E-state index >= 15 is 0 Å². The quantitative estimate of drug-likeness (QED) is 0.728. The fourth-order valence-corrected chi connectivity index (χ4v) is 2.32. The number of hydrogen-bond acceptors (Lipinski definition) is 3. The third-order valence-electron chi connectivity index (χ3n) is 3.55. The molecule has 1 heterocycles. The van der Waals surface area contributed by atoms with Crippen LogP contribution in [0.3, 0.4) is 0 Å². The predicted octanol–water partition coefficient (Wildman–Crippen LogP) is 0.960. The van der Waals surface area contributed by atoms with Crippen LogP contribution in [0.5, 0.6) is 0 Å². The van der Waals surface area contributed by atoms with Crippen molar-refractivity contribution in [3.63, 3.8) is 0 Å². The van der Waals surface area contributed by atoms with E-state index in [9.17, 15) is 4.79 Å². The first-order chi connectivity index (χ1) is 8.04. The minimum absolute atomic E-state index is 0.00912. The number of carbonyl (C=O) groups is 1. The van der Waals surface area contributed by atoms with Crippen LogP contribution in [-0.4, -0.2) is 42.5 Å². The standard InChI is InChI=1S/C13H27N3O/c1-4-5-12(14)13(17)15-8-11-6-7-16(9-11)10(2)3/h10-12H,4-9,14H2,1-3H3,(H,15,17)/t11?,12-/m1/s1. The summed E-state index contributed by atoms with van der Waals surface area (Å²) in [6, 6.07) is 0.278. The van der Waals surface area contributed by atoms with Crippen LogP contribution in [0.25, 0.3) is 0 Å². The number of nitrogens with two attached hydrogens (primary N) is 1. The van der Waals surface area contributed by atoms with E-state index in [1.807, 2.05) is 6.92 Å². The number of amides is 1. The van der Waals surface area contributed by atoms with Gasteiger partial charge in [-0.1, -0.05) is 13.3 Å². The molecule has 0 bridgehead atoms. The predicted molar refractivity (Wildman–Crippen MR) is 70.7 cm³/mol. The molecule has 3 N–H and O–H groups in total. The van der Waals surface area contributed by atoms with Crippen molar-refractivity contribution in [3.05, 3.63) is 0 Å². The summed E-state index contributed by atoms with van der Waals surface area (Å²) in [6.07, 6.45) is 2.91. The fraction of sp³-hybridized carbons (Fsp3) is 0.923. The summed E-state index contributed by atoms with van der Waals surface area (Å²) < 4.78 is 0. The zero-order valence-electron chi connectivity index (χ0n) is 11.4. The van der Waals surface area contributed by atoms with Gasteiger partial charge in [0.25, 0.3) is 0 Å². The molecule has 4 nitrogen and oxygen atoms in total. The van der Waals surface area contributed by atoms with Crippen molar-refractivity contribution in [2.75, 3.05) is 19.6 Å². The minimum Gasteiger partial charge on any atom is -0.354 e. The summed E-state index contributed by atoms with van der Waals surface area (Å²) in [5.74, 6) is 0.602. The Morgan fingerprint density at radius 3 is 2.76 bits per heavy atom. The molecule has 0 aliphatic carbocycles. The number of likely N-dealkylation sites (tertiary alicyclic amines) is 1. The van der Waals surface area contributed by atoms with Gasteiger partial charge in [-0.05, 0) is 39.2 Å². The molecule has 0 aromatic carbocycles. The number of nitrogens with zero attached hydrogens (tertiary/aromatic N) is 1. The zero-order valence-corrected chi connectivity index (χ0v) is 11.4. The van der Waals surface area contributed by atoms with Gasteiger partial charge in [0.05, 0.1) is 6.04 Å². The van der Waals surface area contributed by atoms with Gasteiger partial charge in [-0.25, -0.2) is 0 Å².